The number of rotatable bonds is 7. The van der Waals surface area contributed by atoms with Gasteiger partial charge in [0.1, 0.15) is 17.3 Å². The van der Waals surface area contributed by atoms with E-state index in [1.165, 1.54) is 0 Å². The van der Waals surface area contributed by atoms with Gasteiger partial charge in [0.25, 0.3) is 0 Å². The Kier molecular flexibility index (Phi) is 5.41. The fourth-order valence-electron chi connectivity index (χ4n) is 2.33. The summed E-state index contributed by atoms with van der Waals surface area (Å²) in [6.45, 7) is 2.89. The molecule has 0 aliphatic rings. The molecule has 2 rings (SSSR count). The molecule has 6 heteroatoms. The zero-order valence-corrected chi connectivity index (χ0v) is 13.4. The van der Waals surface area contributed by atoms with Crippen LogP contribution < -0.4 is 9.47 Å². The second-order valence-electron chi connectivity index (χ2n) is 5.25. The number of ether oxygens (including phenoxy) is 2. The zero-order valence-electron chi connectivity index (χ0n) is 13.4. The molecule has 1 aromatic heterocycles. The highest BCUT2D eigenvalue weighted by Crippen LogP contribution is 2.29. The maximum Gasteiger partial charge on any atom is 0.133 e. The average molecular weight is 306 g/mol. The van der Waals surface area contributed by atoms with Crippen molar-refractivity contribution in [2.75, 3.05) is 27.8 Å². The quantitative estimate of drug-likeness (QED) is 0.845. The smallest absolute Gasteiger partial charge is 0.133 e. The van der Waals surface area contributed by atoms with E-state index in [2.05, 4.69) is 5.16 Å². The van der Waals surface area contributed by atoms with Gasteiger partial charge in [0.2, 0.25) is 0 Å². The van der Waals surface area contributed by atoms with Crippen molar-refractivity contribution in [3.05, 3.63) is 41.3 Å². The zero-order chi connectivity index (χ0) is 16.1. The number of aryl methyl sites for hydroxylation is 1. The third-order valence-corrected chi connectivity index (χ3v) is 3.39. The van der Waals surface area contributed by atoms with Gasteiger partial charge >= 0.3 is 0 Å². The van der Waals surface area contributed by atoms with Gasteiger partial charge in [-0.25, -0.2) is 0 Å². The molecule has 120 valence electrons. The molecule has 0 saturated heterocycles. The molecule has 0 fully saturated rings. The summed E-state index contributed by atoms with van der Waals surface area (Å²) in [5.41, 5.74) is 1.54. The summed E-state index contributed by atoms with van der Waals surface area (Å²) in [6.07, 6.45) is -0.692. The van der Waals surface area contributed by atoms with Gasteiger partial charge < -0.3 is 19.1 Å². The first-order chi connectivity index (χ1) is 10.5. The Labute approximate surface area is 130 Å². The van der Waals surface area contributed by atoms with E-state index < -0.39 is 6.10 Å². The largest absolute Gasteiger partial charge is 0.497 e. The normalized spacial score (nSPS) is 12.5. The minimum absolute atomic E-state index is 0.440. The molecule has 2 aromatic rings. The van der Waals surface area contributed by atoms with Crippen molar-refractivity contribution < 1.29 is 19.1 Å². The molecule has 22 heavy (non-hydrogen) atoms. The monoisotopic (exact) mass is 306 g/mol. The molecule has 0 bridgehead atoms. The van der Waals surface area contributed by atoms with Crippen LogP contribution >= 0.6 is 0 Å². The Morgan fingerprint density at radius 2 is 2.05 bits per heavy atom. The van der Waals surface area contributed by atoms with Gasteiger partial charge in [-0.15, -0.1) is 0 Å². The van der Waals surface area contributed by atoms with Crippen LogP contribution in [-0.2, 0) is 6.54 Å². The highest BCUT2D eigenvalue weighted by Gasteiger charge is 2.17. The summed E-state index contributed by atoms with van der Waals surface area (Å²) in [5.74, 6) is 2.10. The van der Waals surface area contributed by atoms with E-state index in [4.69, 9.17) is 14.0 Å². The molecule has 0 radical (unpaired) electrons. The van der Waals surface area contributed by atoms with Crippen molar-refractivity contribution in [1.82, 2.24) is 10.1 Å². The van der Waals surface area contributed by atoms with Crippen molar-refractivity contribution in [3.63, 3.8) is 0 Å². The second-order valence-corrected chi connectivity index (χ2v) is 5.25. The van der Waals surface area contributed by atoms with Crippen LogP contribution in [-0.4, -0.2) is 43.0 Å². The highest BCUT2D eigenvalue weighted by atomic mass is 16.5. The van der Waals surface area contributed by atoms with Crippen LogP contribution in [0.15, 0.2) is 28.8 Å². The van der Waals surface area contributed by atoms with Crippen LogP contribution in [0.3, 0.4) is 0 Å². The van der Waals surface area contributed by atoms with Gasteiger partial charge in [-0.2, -0.15) is 0 Å². The lowest BCUT2D eigenvalue weighted by Gasteiger charge is -2.21. The molecule has 0 aliphatic carbocycles. The number of hydrogen-bond acceptors (Lipinski definition) is 6. The van der Waals surface area contributed by atoms with Crippen LogP contribution in [0.4, 0.5) is 0 Å². The van der Waals surface area contributed by atoms with E-state index in [0.717, 1.165) is 11.5 Å². The van der Waals surface area contributed by atoms with E-state index in [-0.39, 0.29) is 0 Å². The first-order valence-corrected chi connectivity index (χ1v) is 7.04. The fraction of sp³-hybridized carbons (Fsp3) is 0.438. The minimum Gasteiger partial charge on any atom is -0.497 e. The molecule has 0 saturated carbocycles. The minimum atomic E-state index is -0.692. The van der Waals surface area contributed by atoms with E-state index in [1.807, 2.05) is 24.9 Å². The Morgan fingerprint density at radius 1 is 1.27 bits per heavy atom. The molecular formula is C16H22N2O4. The molecular weight excluding hydrogens is 284 g/mol. The molecule has 0 unspecified atom stereocenters. The maximum absolute atomic E-state index is 10.5. The lowest BCUT2D eigenvalue weighted by molar-refractivity contribution is 0.119. The third kappa shape index (κ3) is 3.99. The molecule has 1 N–H and O–H groups in total. The summed E-state index contributed by atoms with van der Waals surface area (Å²) >= 11 is 0. The maximum atomic E-state index is 10.5. The lowest BCUT2D eigenvalue weighted by Crippen LogP contribution is -2.24. The number of nitrogens with zero attached hydrogens (tertiary/aromatic N) is 2. The van der Waals surface area contributed by atoms with Crippen molar-refractivity contribution in [1.29, 1.82) is 0 Å². The van der Waals surface area contributed by atoms with Crippen molar-refractivity contribution >= 4 is 0 Å². The van der Waals surface area contributed by atoms with E-state index >= 15 is 0 Å². The van der Waals surface area contributed by atoms with E-state index in [1.54, 1.807) is 32.4 Å². The van der Waals surface area contributed by atoms with Gasteiger partial charge in [-0.05, 0) is 32.2 Å². The number of aromatic nitrogens is 1. The number of aliphatic hydroxyl groups excluding tert-OH is 1. The molecule has 0 amide bonds. The Balaban J connectivity index is 2.05. The van der Waals surface area contributed by atoms with Gasteiger partial charge in [0.15, 0.2) is 0 Å². The predicted octanol–water partition coefficient (Wildman–Crippen LogP) is 2.17. The first-order valence-electron chi connectivity index (χ1n) is 7.04. The van der Waals surface area contributed by atoms with Crippen LogP contribution in [0.25, 0.3) is 0 Å². The molecule has 0 aliphatic heterocycles. The Bertz CT molecular complexity index is 612. The first kappa shape index (κ1) is 16.3. The van der Waals surface area contributed by atoms with E-state index in [9.17, 15) is 5.11 Å². The Hall–Kier alpha value is -2.05. The van der Waals surface area contributed by atoms with Gasteiger partial charge in [0.05, 0.1) is 26.0 Å². The molecule has 6 nitrogen and oxygen atoms in total. The predicted molar refractivity (Wildman–Crippen MR) is 82.1 cm³/mol. The topological polar surface area (TPSA) is 68.0 Å². The van der Waals surface area contributed by atoms with Crippen LogP contribution in [0.1, 0.15) is 23.1 Å². The second kappa shape index (κ2) is 7.29. The standard InChI is InChI=1S/C16H22N2O4/c1-11-7-12(17-22-11)9-18(2)10-15(19)14-8-13(20-3)5-6-16(14)21-4/h5-8,15,19H,9-10H2,1-4H3/t15-/m0/s1. The van der Waals surface area contributed by atoms with E-state index in [0.29, 0.717) is 30.2 Å². The average Bonchev–Trinajstić information content (AvgIpc) is 2.91. The number of aliphatic hydroxyl groups is 1. The summed E-state index contributed by atoms with van der Waals surface area (Å²) in [6, 6.07) is 7.27. The van der Waals surface area contributed by atoms with Crippen molar-refractivity contribution in [3.8, 4) is 11.5 Å². The van der Waals surface area contributed by atoms with Crippen LogP contribution in [0.2, 0.25) is 0 Å². The summed E-state index contributed by atoms with van der Waals surface area (Å²) < 4.78 is 15.6. The molecule has 1 heterocycles. The fourth-order valence-corrected chi connectivity index (χ4v) is 2.33. The third-order valence-electron chi connectivity index (χ3n) is 3.39. The number of likely N-dealkylation sites (N-methyl/N-ethyl adjacent to an activating group) is 1. The number of hydrogen-bond donors (Lipinski definition) is 1. The number of benzene rings is 1. The number of methoxy groups -OCH3 is 2. The van der Waals surface area contributed by atoms with Crippen molar-refractivity contribution in [2.45, 2.75) is 19.6 Å². The van der Waals surface area contributed by atoms with Crippen molar-refractivity contribution in [2.24, 2.45) is 0 Å². The summed E-state index contributed by atoms with van der Waals surface area (Å²) in [4.78, 5) is 1.97. The van der Waals surface area contributed by atoms with Gasteiger partial charge in [-0.1, -0.05) is 5.16 Å². The SMILES string of the molecule is COc1ccc(OC)c([C@@H](O)CN(C)Cc2cc(C)on2)c1. The van der Waals surface area contributed by atoms with Gasteiger partial charge in [0, 0.05) is 24.7 Å². The lowest BCUT2D eigenvalue weighted by atomic mass is 10.1. The summed E-state index contributed by atoms with van der Waals surface area (Å²) in [7, 11) is 5.09. The van der Waals surface area contributed by atoms with Gasteiger partial charge in [-0.3, -0.25) is 4.90 Å². The molecule has 1 atom stereocenters. The molecule has 0 spiro atoms. The molecule has 1 aromatic carbocycles. The highest BCUT2D eigenvalue weighted by molar-refractivity contribution is 5.41. The van der Waals surface area contributed by atoms with Crippen LogP contribution in [0.5, 0.6) is 11.5 Å². The summed E-state index contributed by atoms with van der Waals surface area (Å²) in [5, 5.41) is 14.4. The Morgan fingerprint density at radius 3 is 2.64 bits per heavy atom. The van der Waals surface area contributed by atoms with Crippen LogP contribution in [0, 0.1) is 6.92 Å².